The van der Waals surface area contributed by atoms with Gasteiger partial charge in [-0.25, -0.2) is 0 Å². The Morgan fingerprint density at radius 2 is 1.56 bits per heavy atom. The Kier molecular flexibility index (Phi) is 4.00. The van der Waals surface area contributed by atoms with Gasteiger partial charge in [-0.1, -0.05) is 0 Å². The van der Waals surface area contributed by atoms with E-state index in [0.717, 1.165) is 38.9 Å². The molecule has 0 unspecified atom stereocenters. The van der Waals surface area contributed by atoms with E-state index in [4.69, 9.17) is 0 Å². The Morgan fingerprint density at radius 3 is 2.06 bits per heavy atom. The topological polar surface area (TPSA) is 23.6 Å². The van der Waals surface area contributed by atoms with E-state index in [1.165, 1.54) is 6.42 Å². The summed E-state index contributed by atoms with van der Waals surface area (Å²) < 4.78 is 0. The average Bonchev–Trinajstić information content (AvgIpc) is 2.33. The molecule has 2 fully saturated rings. The molecule has 2 aliphatic heterocycles. The third-order valence-electron chi connectivity index (χ3n) is 4.88. The second kappa shape index (κ2) is 5.20. The quantitative estimate of drug-likeness (QED) is 0.754. The van der Waals surface area contributed by atoms with Crippen molar-refractivity contribution < 1.29 is 4.79 Å². The summed E-state index contributed by atoms with van der Waals surface area (Å²) >= 11 is 0. The second-order valence-corrected chi connectivity index (χ2v) is 6.61. The SMILES string of the molecule is CC(C)N1CCC2(CCCN(C(C)C)C2=O)CC1. The number of hydrogen-bond acceptors (Lipinski definition) is 2. The summed E-state index contributed by atoms with van der Waals surface area (Å²) in [5.74, 6) is 0.437. The van der Waals surface area contributed by atoms with Crippen LogP contribution in [0.2, 0.25) is 0 Å². The fourth-order valence-corrected chi connectivity index (χ4v) is 3.53. The van der Waals surface area contributed by atoms with Crippen molar-refractivity contribution in [3.05, 3.63) is 0 Å². The fraction of sp³-hybridized carbons (Fsp3) is 0.933. The summed E-state index contributed by atoms with van der Waals surface area (Å²) in [6.07, 6.45) is 4.42. The van der Waals surface area contributed by atoms with Gasteiger partial charge in [0.1, 0.15) is 0 Å². The number of nitrogens with zero attached hydrogens (tertiary/aromatic N) is 2. The molecule has 0 bridgehead atoms. The number of carbonyl (C=O) groups excluding carboxylic acids is 1. The van der Waals surface area contributed by atoms with Gasteiger partial charge in [0.15, 0.2) is 0 Å². The third kappa shape index (κ3) is 2.42. The van der Waals surface area contributed by atoms with Gasteiger partial charge in [0.2, 0.25) is 5.91 Å². The predicted molar refractivity (Wildman–Crippen MR) is 74.5 cm³/mol. The van der Waals surface area contributed by atoms with Crippen molar-refractivity contribution in [1.82, 2.24) is 9.80 Å². The van der Waals surface area contributed by atoms with E-state index < -0.39 is 0 Å². The molecule has 3 nitrogen and oxygen atoms in total. The van der Waals surface area contributed by atoms with E-state index in [1.54, 1.807) is 0 Å². The number of hydrogen-bond donors (Lipinski definition) is 0. The van der Waals surface area contributed by atoms with E-state index in [-0.39, 0.29) is 5.41 Å². The molecule has 0 aromatic carbocycles. The van der Waals surface area contributed by atoms with Gasteiger partial charge in [-0.05, 0) is 66.5 Å². The molecule has 2 aliphatic rings. The van der Waals surface area contributed by atoms with Crippen LogP contribution >= 0.6 is 0 Å². The lowest BCUT2D eigenvalue weighted by Crippen LogP contribution is -2.55. The van der Waals surface area contributed by atoms with Gasteiger partial charge in [0, 0.05) is 18.6 Å². The van der Waals surface area contributed by atoms with Gasteiger partial charge in [-0.15, -0.1) is 0 Å². The summed E-state index contributed by atoms with van der Waals surface area (Å²) in [7, 11) is 0. The molecule has 0 atom stereocenters. The maximum absolute atomic E-state index is 12.7. The van der Waals surface area contributed by atoms with Crippen LogP contribution in [0, 0.1) is 5.41 Å². The van der Waals surface area contributed by atoms with Gasteiger partial charge in [-0.3, -0.25) is 4.79 Å². The summed E-state index contributed by atoms with van der Waals surface area (Å²) in [4.78, 5) is 17.3. The van der Waals surface area contributed by atoms with E-state index in [1.807, 2.05) is 0 Å². The summed E-state index contributed by atoms with van der Waals surface area (Å²) in [5, 5.41) is 0. The Labute approximate surface area is 112 Å². The molecule has 2 saturated heterocycles. The molecule has 0 aliphatic carbocycles. The van der Waals surface area contributed by atoms with E-state index in [2.05, 4.69) is 37.5 Å². The monoisotopic (exact) mass is 252 g/mol. The van der Waals surface area contributed by atoms with Crippen LogP contribution in [0.4, 0.5) is 0 Å². The number of carbonyl (C=O) groups is 1. The highest BCUT2D eigenvalue weighted by atomic mass is 16.2. The van der Waals surface area contributed by atoms with E-state index >= 15 is 0 Å². The maximum atomic E-state index is 12.7. The molecule has 18 heavy (non-hydrogen) atoms. The highest BCUT2D eigenvalue weighted by Crippen LogP contribution is 2.41. The average molecular weight is 252 g/mol. The Hall–Kier alpha value is -0.570. The van der Waals surface area contributed by atoms with Crippen molar-refractivity contribution >= 4 is 5.91 Å². The van der Waals surface area contributed by atoms with Crippen LogP contribution in [-0.2, 0) is 4.79 Å². The van der Waals surface area contributed by atoms with Crippen molar-refractivity contribution in [3.8, 4) is 0 Å². The highest BCUT2D eigenvalue weighted by Gasteiger charge is 2.46. The number of likely N-dealkylation sites (tertiary alicyclic amines) is 2. The van der Waals surface area contributed by atoms with Crippen LogP contribution < -0.4 is 0 Å². The molecule has 1 spiro atoms. The van der Waals surface area contributed by atoms with Crippen LogP contribution in [-0.4, -0.2) is 47.4 Å². The summed E-state index contributed by atoms with van der Waals surface area (Å²) in [6.45, 7) is 11.9. The first-order chi connectivity index (χ1) is 8.46. The zero-order valence-electron chi connectivity index (χ0n) is 12.4. The van der Waals surface area contributed by atoms with Crippen LogP contribution in [0.25, 0.3) is 0 Å². The molecule has 2 heterocycles. The van der Waals surface area contributed by atoms with Crippen molar-refractivity contribution in [2.75, 3.05) is 19.6 Å². The molecule has 0 radical (unpaired) electrons. The standard InChI is InChI=1S/C15H28N2O/c1-12(2)16-10-7-15(8-11-16)6-5-9-17(13(3)4)14(15)18/h12-13H,5-11H2,1-4H3. The zero-order chi connectivity index (χ0) is 13.3. The Bertz CT molecular complexity index is 304. The third-order valence-corrected chi connectivity index (χ3v) is 4.88. The van der Waals surface area contributed by atoms with Crippen molar-refractivity contribution in [2.45, 2.75) is 65.5 Å². The van der Waals surface area contributed by atoms with Crippen molar-refractivity contribution in [1.29, 1.82) is 0 Å². The molecule has 3 heteroatoms. The van der Waals surface area contributed by atoms with Gasteiger partial charge >= 0.3 is 0 Å². The number of piperidine rings is 2. The first-order valence-corrected chi connectivity index (χ1v) is 7.51. The van der Waals surface area contributed by atoms with Gasteiger partial charge in [0.05, 0.1) is 5.41 Å². The minimum atomic E-state index is -0.0199. The second-order valence-electron chi connectivity index (χ2n) is 6.61. The van der Waals surface area contributed by atoms with Crippen LogP contribution in [0.15, 0.2) is 0 Å². The molecule has 1 amide bonds. The molecular weight excluding hydrogens is 224 g/mol. The smallest absolute Gasteiger partial charge is 0.229 e. The molecule has 0 N–H and O–H groups in total. The minimum absolute atomic E-state index is 0.0199. The first kappa shape index (κ1) is 13.9. The molecule has 0 aromatic heterocycles. The van der Waals surface area contributed by atoms with Gasteiger partial charge < -0.3 is 9.80 Å². The minimum Gasteiger partial charge on any atom is -0.340 e. The van der Waals surface area contributed by atoms with Crippen molar-refractivity contribution in [3.63, 3.8) is 0 Å². The van der Waals surface area contributed by atoms with Crippen molar-refractivity contribution in [2.24, 2.45) is 5.41 Å². The molecule has 0 saturated carbocycles. The Morgan fingerprint density at radius 1 is 0.944 bits per heavy atom. The predicted octanol–water partition coefficient (Wildman–Crippen LogP) is 2.51. The molecular formula is C15H28N2O. The van der Waals surface area contributed by atoms with Crippen LogP contribution in [0.1, 0.15) is 53.4 Å². The largest absolute Gasteiger partial charge is 0.340 e. The first-order valence-electron chi connectivity index (χ1n) is 7.51. The van der Waals surface area contributed by atoms with Gasteiger partial charge in [-0.2, -0.15) is 0 Å². The maximum Gasteiger partial charge on any atom is 0.229 e. The van der Waals surface area contributed by atoms with E-state index in [0.29, 0.717) is 18.0 Å². The normalized spacial score (nSPS) is 25.4. The lowest BCUT2D eigenvalue weighted by Gasteiger charge is -2.48. The summed E-state index contributed by atoms with van der Waals surface area (Å²) in [6, 6.07) is 0.972. The number of rotatable bonds is 2. The lowest BCUT2D eigenvalue weighted by atomic mass is 9.71. The number of amides is 1. The van der Waals surface area contributed by atoms with Gasteiger partial charge in [0.25, 0.3) is 0 Å². The highest BCUT2D eigenvalue weighted by molar-refractivity contribution is 5.83. The fourth-order valence-electron chi connectivity index (χ4n) is 3.53. The summed E-state index contributed by atoms with van der Waals surface area (Å²) in [5.41, 5.74) is -0.0199. The van der Waals surface area contributed by atoms with Crippen LogP contribution in [0.5, 0.6) is 0 Å². The van der Waals surface area contributed by atoms with E-state index in [9.17, 15) is 4.79 Å². The molecule has 0 aromatic rings. The molecule has 104 valence electrons. The Balaban J connectivity index is 2.06. The zero-order valence-corrected chi connectivity index (χ0v) is 12.4. The van der Waals surface area contributed by atoms with Crippen LogP contribution in [0.3, 0.4) is 0 Å². The molecule has 2 rings (SSSR count). The lowest BCUT2D eigenvalue weighted by molar-refractivity contribution is -0.152.